The predicted octanol–water partition coefficient (Wildman–Crippen LogP) is 0.704. The van der Waals surface area contributed by atoms with Crippen LogP contribution < -0.4 is 5.84 Å². The summed E-state index contributed by atoms with van der Waals surface area (Å²) in [5, 5.41) is 15.1. The molecule has 0 aliphatic heterocycles. The molecule has 0 amide bonds. The average Bonchev–Trinajstić information content (AvgIpc) is 1.75. The van der Waals surface area contributed by atoms with E-state index >= 15 is 0 Å². The first-order valence-corrected chi connectivity index (χ1v) is 1.23. The van der Waals surface area contributed by atoms with Crippen molar-refractivity contribution in [3.63, 3.8) is 0 Å². The number of nitriles is 1. The summed E-state index contributed by atoms with van der Waals surface area (Å²) in [5.41, 5.74) is 0. The van der Waals surface area contributed by atoms with Gasteiger partial charge in [-0.25, -0.2) is 5.26 Å². The standard InChI is InChI=1S/CH4N4.CHN.CH4/c1-3-5-4-2;1-2;/h1H2,(H2,2,5);1H;1H4. The van der Waals surface area contributed by atoms with E-state index < -0.39 is 0 Å². The molecule has 0 radical (unpaired) electrons. The molecular formula is C3H9N5. The van der Waals surface area contributed by atoms with Crippen LogP contribution in [0.15, 0.2) is 15.5 Å². The molecule has 0 aliphatic carbocycles. The first-order chi connectivity index (χ1) is 3.41. The van der Waals surface area contributed by atoms with Crippen molar-refractivity contribution in [3.8, 4) is 6.57 Å². The maximum Gasteiger partial charge on any atom is 0.0462 e. The van der Waals surface area contributed by atoms with E-state index in [0.29, 0.717) is 0 Å². The lowest BCUT2D eigenvalue weighted by Crippen LogP contribution is -1.70. The number of nitrogens with two attached hydrogens (primary N) is 1. The van der Waals surface area contributed by atoms with Crippen molar-refractivity contribution in [1.82, 2.24) is 0 Å². The Hall–Kier alpha value is -1.44. The fourth-order valence-corrected chi connectivity index (χ4v) is 0.0365. The molecule has 0 spiro atoms. The van der Waals surface area contributed by atoms with Crippen LogP contribution in [-0.2, 0) is 0 Å². The maximum atomic E-state index is 6.50. The van der Waals surface area contributed by atoms with Gasteiger partial charge in [0.05, 0.1) is 0 Å². The van der Waals surface area contributed by atoms with Crippen LogP contribution in [-0.4, -0.2) is 6.72 Å². The molecule has 0 saturated heterocycles. The number of hydrogen-bond donors (Lipinski definition) is 1. The summed E-state index contributed by atoms with van der Waals surface area (Å²) < 4.78 is 0. The summed E-state index contributed by atoms with van der Waals surface area (Å²) >= 11 is 0. The summed E-state index contributed by atoms with van der Waals surface area (Å²) in [6, 6.07) is 0. The van der Waals surface area contributed by atoms with Crippen molar-refractivity contribution in [1.29, 1.82) is 5.26 Å². The van der Waals surface area contributed by atoms with E-state index in [0.717, 1.165) is 0 Å². The van der Waals surface area contributed by atoms with Crippen LogP contribution in [0.5, 0.6) is 0 Å². The van der Waals surface area contributed by atoms with Gasteiger partial charge in [-0.3, -0.25) is 0 Å². The Labute approximate surface area is 48.5 Å². The third kappa shape index (κ3) is 184. The molecule has 0 rings (SSSR count). The maximum absolute atomic E-state index is 6.50. The minimum Gasteiger partial charge on any atom is -0.303 e. The third-order valence-electron chi connectivity index (χ3n) is 0.115. The first-order valence-electron chi connectivity index (χ1n) is 1.23. The highest BCUT2D eigenvalue weighted by molar-refractivity contribution is 5.22. The molecule has 5 nitrogen and oxygen atoms in total. The molecule has 0 fully saturated rings. The second kappa shape index (κ2) is 47.5. The van der Waals surface area contributed by atoms with Gasteiger partial charge in [0.25, 0.3) is 0 Å². The number of nitrogens with zero attached hydrogens (tertiary/aromatic N) is 4. The van der Waals surface area contributed by atoms with Gasteiger partial charge < -0.3 is 5.84 Å². The van der Waals surface area contributed by atoms with Gasteiger partial charge in [0.15, 0.2) is 0 Å². The SMILES string of the molecule is C.C#N.C=N/N=N/N. The molecule has 2 N–H and O–H groups in total. The Morgan fingerprint density at radius 2 is 1.88 bits per heavy atom. The molecule has 0 atom stereocenters. The predicted molar refractivity (Wildman–Crippen MR) is 32.0 cm³/mol. The quantitative estimate of drug-likeness (QED) is 0.236. The van der Waals surface area contributed by atoms with E-state index in [1.165, 1.54) is 0 Å². The van der Waals surface area contributed by atoms with Crippen LogP contribution in [0.4, 0.5) is 0 Å². The highest BCUT2D eigenvalue weighted by Crippen LogP contribution is 1.58. The van der Waals surface area contributed by atoms with Gasteiger partial charge in [-0.15, -0.1) is 5.10 Å². The summed E-state index contributed by atoms with van der Waals surface area (Å²) in [6.45, 7) is 6.46. The van der Waals surface area contributed by atoms with Gasteiger partial charge in [0, 0.05) is 13.3 Å². The van der Waals surface area contributed by atoms with Crippen LogP contribution in [0.1, 0.15) is 7.43 Å². The zero-order valence-electron chi connectivity index (χ0n) is 3.65. The zero-order chi connectivity index (χ0) is 6.12. The zero-order valence-corrected chi connectivity index (χ0v) is 3.65. The summed E-state index contributed by atoms with van der Waals surface area (Å²) in [4.78, 5) is 0. The van der Waals surface area contributed by atoms with Gasteiger partial charge in [-0.2, -0.15) is 0 Å². The minimum atomic E-state index is 0. The second-order valence-corrected chi connectivity index (χ2v) is 0.346. The molecule has 8 heavy (non-hydrogen) atoms. The van der Waals surface area contributed by atoms with Gasteiger partial charge in [-0.1, -0.05) is 12.6 Å². The highest BCUT2D eigenvalue weighted by atomic mass is 15.4. The largest absolute Gasteiger partial charge is 0.303 e. The summed E-state index contributed by atoms with van der Waals surface area (Å²) in [5.74, 6) is 4.46. The van der Waals surface area contributed by atoms with Crippen molar-refractivity contribution < 1.29 is 0 Å². The normalized spacial score (nSPS) is 5.75. The molecule has 5 heteroatoms. The van der Waals surface area contributed by atoms with E-state index in [2.05, 4.69) is 34.7 Å². The number of rotatable bonds is 1. The van der Waals surface area contributed by atoms with Crippen LogP contribution in [0.3, 0.4) is 0 Å². The second-order valence-electron chi connectivity index (χ2n) is 0.346. The summed E-state index contributed by atoms with van der Waals surface area (Å²) in [6.07, 6.45) is 0. The average molecular weight is 115 g/mol. The first kappa shape index (κ1) is 16.0. The molecule has 0 aliphatic rings. The van der Waals surface area contributed by atoms with Crippen LogP contribution in [0.25, 0.3) is 0 Å². The molecular weight excluding hydrogens is 106 g/mol. The highest BCUT2D eigenvalue weighted by Gasteiger charge is 1.40. The number of hydrogen-bond acceptors (Lipinski definition) is 3. The van der Waals surface area contributed by atoms with Gasteiger partial charge in [0.2, 0.25) is 0 Å². The fraction of sp³-hybridized carbons (Fsp3) is 0.333. The topological polar surface area (TPSA) is 86.9 Å². The molecule has 0 unspecified atom stereocenters. The smallest absolute Gasteiger partial charge is 0.0462 e. The fourth-order valence-electron chi connectivity index (χ4n) is 0.0365. The molecule has 0 aromatic rings. The molecule has 0 heterocycles. The molecule has 0 saturated carbocycles. The monoisotopic (exact) mass is 115 g/mol. The van der Waals surface area contributed by atoms with Crippen molar-refractivity contribution in [2.24, 2.45) is 21.4 Å². The molecule has 0 aromatic heterocycles. The van der Waals surface area contributed by atoms with Crippen molar-refractivity contribution in [2.45, 2.75) is 7.43 Å². The molecule has 46 valence electrons. The van der Waals surface area contributed by atoms with Crippen LogP contribution in [0.2, 0.25) is 0 Å². The molecule has 0 aromatic carbocycles. The lowest BCUT2D eigenvalue weighted by Gasteiger charge is -1.58. The van der Waals surface area contributed by atoms with E-state index in [1.54, 1.807) is 0 Å². The Morgan fingerprint density at radius 1 is 1.50 bits per heavy atom. The van der Waals surface area contributed by atoms with E-state index in [-0.39, 0.29) is 7.43 Å². The molecule has 0 bridgehead atoms. The Balaban J connectivity index is -0.0000000750. The summed E-state index contributed by atoms with van der Waals surface area (Å²) in [7, 11) is 0. The van der Waals surface area contributed by atoms with E-state index in [9.17, 15) is 0 Å². The third-order valence-corrected chi connectivity index (χ3v) is 0.115. The van der Waals surface area contributed by atoms with Gasteiger partial charge >= 0.3 is 0 Å². The van der Waals surface area contributed by atoms with Gasteiger partial charge in [-0.05, 0) is 5.22 Å². The Bertz CT molecular complexity index is 73.0. The lowest BCUT2D eigenvalue weighted by atomic mass is 11.7. The van der Waals surface area contributed by atoms with Gasteiger partial charge in [0.1, 0.15) is 0 Å². The van der Waals surface area contributed by atoms with Crippen molar-refractivity contribution in [3.05, 3.63) is 0 Å². The Kier molecular flexibility index (Phi) is 95.0. The van der Waals surface area contributed by atoms with Crippen LogP contribution >= 0.6 is 0 Å². The van der Waals surface area contributed by atoms with Crippen molar-refractivity contribution in [2.75, 3.05) is 0 Å². The van der Waals surface area contributed by atoms with E-state index in [1.807, 2.05) is 0 Å². The van der Waals surface area contributed by atoms with Crippen LogP contribution in [0, 0.1) is 11.8 Å². The van der Waals surface area contributed by atoms with E-state index in [4.69, 9.17) is 5.26 Å². The Morgan fingerprint density at radius 3 is 1.88 bits per heavy atom. The lowest BCUT2D eigenvalue weighted by molar-refractivity contribution is 0.964. The minimum absolute atomic E-state index is 0. The van der Waals surface area contributed by atoms with Crippen molar-refractivity contribution >= 4 is 6.72 Å².